The summed E-state index contributed by atoms with van der Waals surface area (Å²) in [6.45, 7) is 0. The van der Waals surface area contributed by atoms with Crippen molar-refractivity contribution in [2.24, 2.45) is 0 Å². The zero-order valence-electron chi connectivity index (χ0n) is 14.5. The molecule has 6 nitrogen and oxygen atoms in total. The zero-order valence-corrected chi connectivity index (χ0v) is 14.5. The van der Waals surface area contributed by atoms with E-state index in [0.717, 1.165) is 0 Å². The summed E-state index contributed by atoms with van der Waals surface area (Å²) >= 11 is 0. The predicted molar refractivity (Wildman–Crippen MR) is 91.8 cm³/mol. The molecule has 0 radical (unpaired) electrons. The van der Waals surface area contributed by atoms with Crippen LogP contribution in [0.1, 0.15) is 10.4 Å². The van der Waals surface area contributed by atoms with Crippen LogP contribution in [0.2, 0.25) is 0 Å². The maximum absolute atomic E-state index is 12.8. The second-order valence-electron chi connectivity index (χ2n) is 5.00. The van der Waals surface area contributed by atoms with E-state index < -0.39 is 0 Å². The van der Waals surface area contributed by atoms with Crippen LogP contribution in [0.3, 0.4) is 0 Å². The molecule has 0 unspecified atom stereocenters. The van der Waals surface area contributed by atoms with Crippen LogP contribution in [0.5, 0.6) is 23.0 Å². The molecule has 128 valence electrons. The van der Waals surface area contributed by atoms with Gasteiger partial charge in [-0.05, 0) is 24.3 Å². The van der Waals surface area contributed by atoms with Crippen LogP contribution in [-0.2, 0) is 0 Å². The number of anilines is 1. The van der Waals surface area contributed by atoms with Gasteiger partial charge in [-0.3, -0.25) is 4.79 Å². The third-order valence-electron chi connectivity index (χ3n) is 3.66. The van der Waals surface area contributed by atoms with Gasteiger partial charge in [0, 0.05) is 30.4 Å². The average molecular weight is 331 g/mol. The summed E-state index contributed by atoms with van der Waals surface area (Å²) in [5, 5.41) is 0. The molecule has 0 aliphatic heterocycles. The SMILES string of the molecule is COc1cc(OC)cc(C(=O)N(C)c2ccc(OC)c(OC)c2)c1. The molecule has 0 spiro atoms. The molecule has 0 aliphatic rings. The Balaban J connectivity index is 2.36. The molecule has 0 aromatic heterocycles. The van der Waals surface area contributed by atoms with E-state index in [-0.39, 0.29) is 5.91 Å². The summed E-state index contributed by atoms with van der Waals surface area (Å²) in [6, 6.07) is 10.3. The summed E-state index contributed by atoms with van der Waals surface area (Å²) in [5.41, 5.74) is 1.14. The smallest absolute Gasteiger partial charge is 0.258 e. The minimum absolute atomic E-state index is 0.195. The van der Waals surface area contributed by atoms with Crippen molar-refractivity contribution < 1.29 is 23.7 Å². The van der Waals surface area contributed by atoms with Gasteiger partial charge in [0.2, 0.25) is 0 Å². The number of methoxy groups -OCH3 is 4. The number of ether oxygens (including phenoxy) is 4. The lowest BCUT2D eigenvalue weighted by Crippen LogP contribution is -2.26. The van der Waals surface area contributed by atoms with Crippen molar-refractivity contribution in [1.29, 1.82) is 0 Å². The Kier molecular flexibility index (Phi) is 5.52. The number of carbonyl (C=O) groups is 1. The molecule has 0 saturated carbocycles. The van der Waals surface area contributed by atoms with Crippen LogP contribution >= 0.6 is 0 Å². The minimum Gasteiger partial charge on any atom is -0.497 e. The molecule has 0 heterocycles. The molecule has 0 N–H and O–H groups in total. The summed E-state index contributed by atoms with van der Waals surface area (Å²) in [5.74, 6) is 2.07. The Morgan fingerprint density at radius 2 is 1.38 bits per heavy atom. The fourth-order valence-corrected chi connectivity index (χ4v) is 2.28. The van der Waals surface area contributed by atoms with E-state index in [1.165, 1.54) is 4.90 Å². The Labute approximate surface area is 141 Å². The Bertz CT molecular complexity index is 707. The third-order valence-corrected chi connectivity index (χ3v) is 3.66. The Hall–Kier alpha value is -2.89. The first-order valence-corrected chi connectivity index (χ1v) is 7.27. The molecule has 24 heavy (non-hydrogen) atoms. The lowest BCUT2D eigenvalue weighted by atomic mass is 10.1. The van der Waals surface area contributed by atoms with Gasteiger partial charge in [0.05, 0.1) is 28.4 Å². The molecule has 0 fully saturated rings. The van der Waals surface area contributed by atoms with Crippen LogP contribution in [0.25, 0.3) is 0 Å². The monoisotopic (exact) mass is 331 g/mol. The van der Waals surface area contributed by atoms with Gasteiger partial charge in [-0.25, -0.2) is 0 Å². The Morgan fingerprint density at radius 1 is 0.792 bits per heavy atom. The number of nitrogens with zero attached hydrogens (tertiary/aromatic N) is 1. The van der Waals surface area contributed by atoms with E-state index in [1.54, 1.807) is 71.9 Å². The largest absolute Gasteiger partial charge is 0.497 e. The van der Waals surface area contributed by atoms with E-state index in [1.807, 2.05) is 0 Å². The maximum Gasteiger partial charge on any atom is 0.258 e. The second kappa shape index (κ2) is 7.59. The lowest BCUT2D eigenvalue weighted by Gasteiger charge is -2.19. The van der Waals surface area contributed by atoms with Crippen LogP contribution in [-0.4, -0.2) is 41.4 Å². The number of carbonyl (C=O) groups excluding carboxylic acids is 1. The van der Waals surface area contributed by atoms with E-state index in [2.05, 4.69) is 0 Å². The molecular formula is C18H21NO5. The Morgan fingerprint density at radius 3 is 1.88 bits per heavy atom. The third kappa shape index (κ3) is 3.53. The van der Waals surface area contributed by atoms with Gasteiger partial charge in [-0.2, -0.15) is 0 Å². The average Bonchev–Trinajstić information content (AvgIpc) is 2.65. The van der Waals surface area contributed by atoms with E-state index in [9.17, 15) is 4.79 Å². The minimum atomic E-state index is -0.195. The molecule has 1 amide bonds. The first-order valence-electron chi connectivity index (χ1n) is 7.27. The van der Waals surface area contributed by atoms with E-state index >= 15 is 0 Å². The molecular weight excluding hydrogens is 310 g/mol. The molecule has 0 bridgehead atoms. The van der Waals surface area contributed by atoms with Crippen molar-refractivity contribution in [3.63, 3.8) is 0 Å². The van der Waals surface area contributed by atoms with Gasteiger partial charge in [-0.1, -0.05) is 0 Å². The zero-order chi connectivity index (χ0) is 17.7. The maximum atomic E-state index is 12.8. The van der Waals surface area contributed by atoms with Crippen LogP contribution in [0.4, 0.5) is 5.69 Å². The fourth-order valence-electron chi connectivity index (χ4n) is 2.28. The molecule has 2 aromatic carbocycles. The van der Waals surface area contributed by atoms with Crippen molar-refractivity contribution in [1.82, 2.24) is 0 Å². The molecule has 0 aliphatic carbocycles. The molecule has 2 aromatic rings. The van der Waals surface area contributed by atoms with Crippen molar-refractivity contribution in [2.45, 2.75) is 0 Å². The number of amides is 1. The van der Waals surface area contributed by atoms with E-state index in [0.29, 0.717) is 34.2 Å². The summed E-state index contributed by atoms with van der Waals surface area (Å²) < 4.78 is 20.9. The highest BCUT2D eigenvalue weighted by atomic mass is 16.5. The second-order valence-corrected chi connectivity index (χ2v) is 5.00. The topological polar surface area (TPSA) is 57.2 Å². The van der Waals surface area contributed by atoms with Crippen LogP contribution in [0.15, 0.2) is 36.4 Å². The highest BCUT2D eigenvalue weighted by Crippen LogP contribution is 2.32. The van der Waals surface area contributed by atoms with Gasteiger partial charge in [0.1, 0.15) is 11.5 Å². The number of hydrogen-bond donors (Lipinski definition) is 0. The lowest BCUT2D eigenvalue weighted by molar-refractivity contribution is 0.0992. The number of rotatable bonds is 6. The molecule has 0 saturated heterocycles. The highest BCUT2D eigenvalue weighted by Gasteiger charge is 2.17. The van der Waals surface area contributed by atoms with Gasteiger partial charge in [0.15, 0.2) is 11.5 Å². The molecule has 6 heteroatoms. The quantitative estimate of drug-likeness (QED) is 0.814. The summed E-state index contributed by atoms with van der Waals surface area (Å²) in [6.07, 6.45) is 0. The fraction of sp³-hybridized carbons (Fsp3) is 0.278. The predicted octanol–water partition coefficient (Wildman–Crippen LogP) is 3.00. The first kappa shape index (κ1) is 17.5. The summed E-state index contributed by atoms with van der Waals surface area (Å²) in [7, 11) is 7.89. The van der Waals surface area contributed by atoms with E-state index in [4.69, 9.17) is 18.9 Å². The molecule has 2 rings (SSSR count). The van der Waals surface area contributed by atoms with Crippen molar-refractivity contribution in [3.8, 4) is 23.0 Å². The van der Waals surface area contributed by atoms with Gasteiger partial charge in [0.25, 0.3) is 5.91 Å². The van der Waals surface area contributed by atoms with Crippen molar-refractivity contribution >= 4 is 11.6 Å². The van der Waals surface area contributed by atoms with Crippen molar-refractivity contribution in [3.05, 3.63) is 42.0 Å². The van der Waals surface area contributed by atoms with Gasteiger partial charge < -0.3 is 23.8 Å². The first-order chi connectivity index (χ1) is 11.5. The van der Waals surface area contributed by atoms with Gasteiger partial charge in [-0.15, -0.1) is 0 Å². The number of hydrogen-bond acceptors (Lipinski definition) is 5. The standard InChI is InChI=1S/C18H21NO5/c1-19(13-6-7-16(23-4)17(10-13)24-5)18(20)12-8-14(21-2)11-15(9-12)22-3/h6-11H,1-5H3. The van der Waals surface area contributed by atoms with Crippen LogP contribution < -0.4 is 23.8 Å². The number of benzene rings is 2. The normalized spacial score (nSPS) is 10.0. The van der Waals surface area contributed by atoms with Gasteiger partial charge >= 0.3 is 0 Å². The van der Waals surface area contributed by atoms with Crippen molar-refractivity contribution in [2.75, 3.05) is 40.4 Å². The highest BCUT2D eigenvalue weighted by molar-refractivity contribution is 6.06. The molecule has 0 atom stereocenters. The summed E-state index contributed by atoms with van der Waals surface area (Å²) in [4.78, 5) is 14.3. The van der Waals surface area contributed by atoms with Crippen LogP contribution in [0, 0.1) is 0 Å².